The number of pyridine rings is 1. The van der Waals surface area contributed by atoms with Crippen molar-refractivity contribution in [3.63, 3.8) is 0 Å². The molecule has 0 fully saturated rings. The van der Waals surface area contributed by atoms with Gasteiger partial charge < -0.3 is 15.3 Å². The number of aliphatic hydroxyl groups excluding tert-OH is 1. The predicted octanol–water partition coefficient (Wildman–Crippen LogP) is 1.21. The maximum absolute atomic E-state index is 11.6. The molecule has 18 heavy (non-hydrogen) atoms. The van der Waals surface area contributed by atoms with Gasteiger partial charge in [-0.05, 0) is 18.1 Å². The molecule has 1 heterocycles. The summed E-state index contributed by atoms with van der Waals surface area (Å²) in [6, 6.07) is 3.46. The molecule has 1 aromatic heterocycles. The lowest BCUT2D eigenvalue weighted by Crippen LogP contribution is -2.25. The standard InChI is InChI=1S/C13H21N3O2/c1-9(2)11(17)8-15-12-6-5-10(7-14-12)13(18)16(3)4/h5-7,9,11,17H,8H2,1-4H3,(H,14,15). The Morgan fingerprint density at radius 3 is 2.56 bits per heavy atom. The largest absolute Gasteiger partial charge is 0.391 e. The van der Waals surface area contributed by atoms with Crippen LogP contribution in [0.5, 0.6) is 0 Å². The predicted molar refractivity (Wildman–Crippen MR) is 71.6 cm³/mol. The molecule has 0 aromatic carbocycles. The van der Waals surface area contributed by atoms with Crippen LogP contribution in [0, 0.1) is 5.92 Å². The third-order valence-electron chi connectivity index (χ3n) is 2.68. The number of nitrogens with one attached hydrogen (secondary N) is 1. The molecule has 5 nitrogen and oxygen atoms in total. The molecule has 0 aliphatic carbocycles. The van der Waals surface area contributed by atoms with Crippen LogP contribution in [0.25, 0.3) is 0 Å². The average molecular weight is 251 g/mol. The van der Waals surface area contributed by atoms with Crippen LogP contribution in [0.4, 0.5) is 5.82 Å². The molecule has 0 radical (unpaired) electrons. The second kappa shape index (κ2) is 6.35. The van der Waals surface area contributed by atoms with Gasteiger partial charge in [-0.25, -0.2) is 4.98 Å². The second-order valence-electron chi connectivity index (χ2n) is 4.82. The lowest BCUT2D eigenvalue weighted by molar-refractivity contribution is 0.0827. The fraction of sp³-hybridized carbons (Fsp3) is 0.538. The first-order chi connectivity index (χ1) is 8.41. The highest BCUT2D eigenvalue weighted by Gasteiger charge is 2.10. The van der Waals surface area contributed by atoms with Gasteiger partial charge in [-0.1, -0.05) is 13.8 Å². The molecule has 0 bridgehead atoms. The number of aromatic nitrogens is 1. The summed E-state index contributed by atoms with van der Waals surface area (Å²) >= 11 is 0. The Morgan fingerprint density at radius 1 is 1.44 bits per heavy atom. The molecular formula is C13H21N3O2. The zero-order valence-corrected chi connectivity index (χ0v) is 11.3. The van der Waals surface area contributed by atoms with Gasteiger partial charge in [-0.15, -0.1) is 0 Å². The van der Waals surface area contributed by atoms with Gasteiger partial charge in [-0.3, -0.25) is 4.79 Å². The summed E-state index contributed by atoms with van der Waals surface area (Å²) in [6.45, 7) is 4.36. The molecule has 0 saturated carbocycles. The second-order valence-corrected chi connectivity index (χ2v) is 4.82. The number of carbonyl (C=O) groups is 1. The zero-order chi connectivity index (χ0) is 13.7. The number of hydrogen-bond donors (Lipinski definition) is 2. The molecule has 1 aromatic rings. The van der Waals surface area contributed by atoms with Crippen molar-refractivity contribution in [2.75, 3.05) is 26.0 Å². The van der Waals surface area contributed by atoms with Crippen LogP contribution < -0.4 is 5.32 Å². The first-order valence-electron chi connectivity index (χ1n) is 6.01. The smallest absolute Gasteiger partial charge is 0.254 e. The van der Waals surface area contributed by atoms with Crippen LogP contribution in [0.15, 0.2) is 18.3 Å². The number of anilines is 1. The van der Waals surface area contributed by atoms with Crippen LogP contribution in [-0.4, -0.2) is 47.6 Å². The maximum atomic E-state index is 11.6. The molecule has 1 atom stereocenters. The topological polar surface area (TPSA) is 65.5 Å². The minimum atomic E-state index is -0.408. The van der Waals surface area contributed by atoms with Gasteiger partial charge in [0.05, 0.1) is 11.7 Å². The van der Waals surface area contributed by atoms with Crippen LogP contribution in [0.2, 0.25) is 0 Å². The lowest BCUT2D eigenvalue weighted by atomic mass is 10.1. The number of amides is 1. The molecule has 0 saturated heterocycles. The summed E-state index contributed by atoms with van der Waals surface area (Å²) in [5.41, 5.74) is 0.551. The van der Waals surface area contributed by atoms with E-state index in [1.165, 1.54) is 11.1 Å². The van der Waals surface area contributed by atoms with E-state index in [0.717, 1.165) is 0 Å². The summed E-state index contributed by atoms with van der Waals surface area (Å²) in [6.07, 6.45) is 1.13. The third-order valence-corrected chi connectivity index (χ3v) is 2.68. The van der Waals surface area contributed by atoms with Gasteiger partial charge in [0, 0.05) is 26.8 Å². The van der Waals surface area contributed by atoms with Crippen molar-refractivity contribution in [3.8, 4) is 0 Å². The molecule has 1 amide bonds. The SMILES string of the molecule is CC(C)C(O)CNc1ccc(C(=O)N(C)C)cn1. The van der Waals surface area contributed by atoms with E-state index in [9.17, 15) is 9.90 Å². The number of rotatable bonds is 5. The Morgan fingerprint density at radius 2 is 2.11 bits per heavy atom. The Balaban J connectivity index is 2.58. The normalized spacial score (nSPS) is 12.3. The van der Waals surface area contributed by atoms with Gasteiger partial charge in [0.25, 0.3) is 5.91 Å². The number of aliphatic hydroxyl groups is 1. The summed E-state index contributed by atoms with van der Waals surface area (Å²) < 4.78 is 0. The summed E-state index contributed by atoms with van der Waals surface area (Å²) in [5.74, 6) is 0.786. The average Bonchev–Trinajstić information content (AvgIpc) is 2.35. The molecule has 0 aliphatic heterocycles. The summed E-state index contributed by atoms with van der Waals surface area (Å²) in [4.78, 5) is 17.3. The Bertz CT molecular complexity index is 388. The van der Waals surface area contributed by atoms with E-state index < -0.39 is 6.10 Å². The van der Waals surface area contributed by atoms with Gasteiger partial charge in [-0.2, -0.15) is 0 Å². The first-order valence-corrected chi connectivity index (χ1v) is 6.01. The summed E-state index contributed by atoms with van der Waals surface area (Å²) in [7, 11) is 3.40. The van der Waals surface area contributed by atoms with Crippen LogP contribution in [-0.2, 0) is 0 Å². The quantitative estimate of drug-likeness (QED) is 0.825. The van der Waals surface area contributed by atoms with Crippen molar-refractivity contribution in [3.05, 3.63) is 23.9 Å². The van der Waals surface area contributed by atoms with E-state index in [-0.39, 0.29) is 11.8 Å². The van der Waals surface area contributed by atoms with Crippen LogP contribution >= 0.6 is 0 Å². The Hall–Kier alpha value is -1.62. The fourth-order valence-electron chi connectivity index (χ4n) is 1.33. The van der Waals surface area contributed by atoms with E-state index in [1.807, 2.05) is 13.8 Å². The number of nitrogens with zero attached hydrogens (tertiary/aromatic N) is 2. The molecule has 1 rings (SSSR count). The van der Waals surface area contributed by atoms with E-state index >= 15 is 0 Å². The van der Waals surface area contributed by atoms with E-state index in [1.54, 1.807) is 26.2 Å². The lowest BCUT2D eigenvalue weighted by Gasteiger charge is -2.15. The van der Waals surface area contributed by atoms with Gasteiger partial charge >= 0.3 is 0 Å². The molecule has 1 unspecified atom stereocenters. The summed E-state index contributed by atoms with van der Waals surface area (Å²) in [5, 5.41) is 12.7. The highest BCUT2D eigenvalue weighted by Crippen LogP contribution is 2.08. The van der Waals surface area contributed by atoms with E-state index in [2.05, 4.69) is 10.3 Å². The molecule has 0 aliphatic rings. The van der Waals surface area contributed by atoms with Crippen molar-refractivity contribution in [1.82, 2.24) is 9.88 Å². The van der Waals surface area contributed by atoms with Crippen molar-refractivity contribution in [1.29, 1.82) is 0 Å². The first kappa shape index (κ1) is 14.4. The zero-order valence-electron chi connectivity index (χ0n) is 11.3. The Labute approximate surface area is 108 Å². The third kappa shape index (κ3) is 4.00. The molecule has 5 heteroatoms. The number of hydrogen-bond acceptors (Lipinski definition) is 4. The van der Waals surface area contributed by atoms with Crippen molar-refractivity contribution in [2.45, 2.75) is 20.0 Å². The van der Waals surface area contributed by atoms with Crippen LogP contribution in [0.1, 0.15) is 24.2 Å². The highest BCUT2D eigenvalue weighted by atomic mass is 16.3. The van der Waals surface area contributed by atoms with Gasteiger partial charge in [0.15, 0.2) is 0 Å². The molecular weight excluding hydrogens is 230 g/mol. The monoisotopic (exact) mass is 251 g/mol. The van der Waals surface area contributed by atoms with Gasteiger partial charge in [0.2, 0.25) is 0 Å². The van der Waals surface area contributed by atoms with Crippen LogP contribution in [0.3, 0.4) is 0 Å². The molecule has 0 spiro atoms. The Kier molecular flexibility index (Phi) is 5.09. The minimum Gasteiger partial charge on any atom is -0.391 e. The van der Waals surface area contributed by atoms with E-state index in [4.69, 9.17) is 0 Å². The number of carbonyl (C=O) groups excluding carboxylic acids is 1. The van der Waals surface area contributed by atoms with Gasteiger partial charge in [0.1, 0.15) is 5.82 Å². The molecule has 100 valence electrons. The molecule has 2 N–H and O–H groups in total. The maximum Gasteiger partial charge on any atom is 0.254 e. The fourth-order valence-corrected chi connectivity index (χ4v) is 1.33. The van der Waals surface area contributed by atoms with Crippen molar-refractivity contribution < 1.29 is 9.90 Å². The highest BCUT2D eigenvalue weighted by molar-refractivity contribution is 5.93. The van der Waals surface area contributed by atoms with Crippen molar-refractivity contribution >= 4 is 11.7 Å². The van der Waals surface area contributed by atoms with Crippen molar-refractivity contribution in [2.24, 2.45) is 5.92 Å². The minimum absolute atomic E-state index is 0.0729. The van der Waals surface area contributed by atoms with E-state index in [0.29, 0.717) is 17.9 Å².